The van der Waals surface area contributed by atoms with Gasteiger partial charge in [-0.05, 0) is 25.0 Å². The highest BCUT2D eigenvalue weighted by Gasteiger charge is 2.06. The third-order valence-corrected chi connectivity index (χ3v) is 2.83. The molecule has 0 spiro atoms. The molecule has 0 amide bonds. The molecule has 0 bridgehead atoms. The van der Waals surface area contributed by atoms with Gasteiger partial charge in [-0.25, -0.2) is 0 Å². The van der Waals surface area contributed by atoms with Gasteiger partial charge in [0.1, 0.15) is 0 Å². The first kappa shape index (κ1) is 14.2. The van der Waals surface area contributed by atoms with Crippen molar-refractivity contribution in [2.45, 2.75) is 19.3 Å². The van der Waals surface area contributed by atoms with Crippen LogP contribution in [0.25, 0.3) is 0 Å². The molecule has 0 heterocycles. The molecular formula is C14H19NO3. The van der Waals surface area contributed by atoms with E-state index in [1.165, 1.54) is 7.11 Å². The SMILES string of the molecule is COC(=O)CCCCN(C)c1ccccc1C=O. The number of esters is 1. The van der Waals surface area contributed by atoms with Gasteiger partial charge in [0, 0.05) is 31.3 Å². The van der Waals surface area contributed by atoms with Crippen LogP contribution in [-0.2, 0) is 9.53 Å². The Morgan fingerprint density at radius 3 is 2.72 bits per heavy atom. The Hall–Kier alpha value is -1.84. The Labute approximate surface area is 108 Å². The minimum absolute atomic E-state index is 0.175. The molecule has 0 aliphatic heterocycles. The number of methoxy groups -OCH3 is 1. The molecule has 4 nitrogen and oxygen atoms in total. The van der Waals surface area contributed by atoms with Crippen molar-refractivity contribution < 1.29 is 14.3 Å². The number of benzene rings is 1. The predicted molar refractivity (Wildman–Crippen MR) is 71.0 cm³/mol. The van der Waals surface area contributed by atoms with Gasteiger partial charge in [-0.3, -0.25) is 9.59 Å². The lowest BCUT2D eigenvalue weighted by Crippen LogP contribution is -2.20. The summed E-state index contributed by atoms with van der Waals surface area (Å²) in [6.07, 6.45) is 2.99. The van der Waals surface area contributed by atoms with Crippen molar-refractivity contribution in [1.29, 1.82) is 0 Å². The van der Waals surface area contributed by atoms with Gasteiger partial charge in [0.05, 0.1) is 7.11 Å². The number of ether oxygens (including phenoxy) is 1. The van der Waals surface area contributed by atoms with Crippen LogP contribution in [0.4, 0.5) is 5.69 Å². The summed E-state index contributed by atoms with van der Waals surface area (Å²) < 4.78 is 4.58. The van der Waals surface area contributed by atoms with Crippen LogP contribution in [0.15, 0.2) is 24.3 Å². The summed E-state index contributed by atoms with van der Waals surface area (Å²) in [6.45, 7) is 0.807. The summed E-state index contributed by atoms with van der Waals surface area (Å²) in [5.74, 6) is -0.175. The number of nitrogens with zero attached hydrogens (tertiary/aromatic N) is 1. The molecule has 1 rings (SSSR count). The topological polar surface area (TPSA) is 46.6 Å². The van der Waals surface area contributed by atoms with E-state index in [9.17, 15) is 9.59 Å². The molecule has 0 aliphatic rings. The van der Waals surface area contributed by atoms with E-state index in [1.54, 1.807) is 6.07 Å². The molecule has 0 saturated heterocycles. The predicted octanol–water partition coefficient (Wildman–Crippen LogP) is 2.28. The van der Waals surface area contributed by atoms with Gasteiger partial charge in [-0.15, -0.1) is 0 Å². The molecule has 1 aromatic carbocycles. The summed E-state index contributed by atoms with van der Waals surface area (Å²) in [5, 5.41) is 0. The van der Waals surface area contributed by atoms with E-state index in [4.69, 9.17) is 0 Å². The molecule has 0 N–H and O–H groups in total. The summed E-state index contributed by atoms with van der Waals surface area (Å²) in [7, 11) is 3.34. The molecule has 0 radical (unpaired) electrons. The van der Waals surface area contributed by atoms with Gasteiger partial charge < -0.3 is 9.64 Å². The Balaban J connectivity index is 2.43. The van der Waals surface area contributed by atoms with Gasteiger partial charge >= 0.3 is 5.97 Å². The highest BCUT2D eigenvalue weighted by molar-refractivity contribution is 5.84. The standard InChI is InChI=1S/C14H19NO3/c1-15(10-6-5-9-14(17)18-2)13-8-4-3-7-12(13)11-16/h3-4,7-8,11H,5-6,9-10H2,1-2H3. The van der Waals surface area contributed by atoms with Crippen LogP contribution in [0.3, 0.4) is 0 Å². The third kappa shape index (κ3) is 4.20. The maximum Gasteiger partial charge on any atom is 0.305 e. The average Bonchev–Trinajstić information content (AvgIpc) is 2.42. The molecule has 0 aliphatic carbocycles. The highest BCUT2D eigenvalue weighted by Crippen LogP contribution is 2.17. The number of aldehydes is 1. The molecule has 4 heteroatoms. The minimum atomic E-state index is -0.175. The number of anilines is 1. The summed E-state index contributed by atoms with van der Waals surface area (Å²) >= 11 is 0. The number of hydrogen-bond donors (Lipinski definition) is 0. The normalized spacial score (nSPS) is 9.89. The fourth-order valence-corrected chi connectivity index (χ4v) is 1.78. The summed E-state index contributed by atoms with van der Waals surface area (Å²) in [4.78, 5) is 23.9. The van der Waals surface area contributed by atoms with E-state index in [-0.39, 0.29) is 5.97 Å². The minimum Gasteiger partial charge on any atom is -0.469 e. The van der Waals surface area contributed by atoms with Gasteiger partial charge in [0.15, 0.2) is 6.29 Å². The van der Waals surface area contributed by atoms with Crippen molar-refractivity contribution in [1.82, 2.24) is 0 Å². The number of unbranched alkanes of at least 4 members (excludes halogenated alkanes) is 1. The fourth-order valence-electron chi connectivity index (χ4n) is 1.78. The maximum absolute atomic E-state index is 10.9. The number of para-hydroxylation sites is 1. The van der Waals surface area contributed by atoms with Gasteiger partial charge in [0.25, 0.3) is 0 Å². The fraction of sp³-hybridized carbons (Fsp3) is 0.429. The number of carbonyl (C=O) groups excluding carboxylic acids is 2. The molecule has 0 atom stereocenters. The van der Waals surface area contributed by atoms with Crippen molar-refractivity contribution in [3.8, 4) is 0 Å². The first-order chi connectivity index (χ1) is 8.69. The van der Waals surface area contributed by atoms with Crippen LogP contribution in [0.2, 0.25) is 0 Å². The second kappa shape index (κ2) is 7.48. The van der Waals surface area contributed by atoms with Crippen LogP contribution in [-0.4, -0.2) is 33.0 Å². The molecular weight excluding hydrogens is 230 g/mol. The van der Waals surface area contributed by atoms with Gasteiger partial charge in [-0.1, -0.05) is 12.1 Å². The molecule has 98 valence electrons. The molecule has 0 saturated carbocycles. The zero-order valence-electron chi connectivity index (χ0n) is 10.9. The second-order valence-electron chi connectivity index (χ2n) is 4.13. The van der Waals surface area contributed by atoms with Crippen molar-refractivity contribution in [3.63, 3.8) is 0 Å². The molecule has 18 heavy (non-hydrogen) atoms. The number of rotatable bonds is 7. The van der Waals surface area contributed by atoms with E-state index >= 15 is 0 Å². The van der Waals surface area contributed by atoms with Crippen molar-refractivity contribution >= 4 is 17.9 Å². The van der Waals surface area contributed by atoms with Crippen LogP contribution in [0.1, 0.15) is 29.6 Å². The lowest BCUT2D eigenvalue weighted by Gasteiger charge is -2.20. The Kier molecular flexibility index (Phi) is 5.91. The van der Waals surface area contributed by atoms with Crippen LogP contribution in [0, 0.1) is 0 Å². The highest BCUT2D eigenvalue weighted by atomic mass is 16.5. The number of hydrogen-bond acceptors (Lipinski definition) is 4. The zero-order valence-corrected chi connectivity index (χ0v) is 10.9. The lowest BCUT2D eigenvalue weighted by molar-refractivity contribution is -0.140. The summed E-state index contributed by atoms with van der Waals surface area (Å²) in [6, 6.07) is 7.48. The van der Waals surface area contributed by atoms with E-state index in [1.807, 2.05) is 30.1 Å². The van der Waals surface area contributed by atoms with Crippen LogP contribution in [0.5, 0.6) is 0 Å². The second-order valence-corrected chi connectivity index (χ2v) is 4.13. The third-order valence-electron chi connectivity index (χ3n) is 2.83. The molecule has 0 aromatic heterocycles. The van der Waals surface area contributed by atoms with Crippen molar-refractivity contribution in [2.75, 3.05) is 25.6 Å². The van der Waals surface area contributed by atoms with E-state index in [0.717, 1.165) is 31.4 Å². The summed E-state index contributed by atoms with van der Waals surface area (Å²) in [5.41, 5.74) is 1.61. The van der Waals surface area contributed by atoms with Gasteiger partial charge in [0.2, 0.25) is 0 Å². The van der Waals surface area contributed by atoms with E-state index in [2.05, 4.69) is 4.74 Å². The monoisotopic (exact) mass is 249 g/mol. The van der Waals surface area contributed by atoms with E-state index < -0.39 is 0 Å². The Morgan fingerprint density at radius 2 is 2.06 bits per heavy atom. The van der Waals surface area contributed by atoms with Crippen LogP contribution < -0.4 is 4.90 Å². The van der Waals surface area contributed by atoms with Crippen molar-refractivity contribution in [3.05, 3.63) is 29.8 Å². The zero-order chi connectivity index (χ0) is 13.4. The van der Waals surface area contributed by atoms with E-state index in [0.29, 0.717) is 12.0 Å². The first-order valence-corrected chi connectivity index (χ1v) is 6.01. The van der Waals surface area contributed by atoms with Crippen molar-refractivity contribution in [2.24, 2.45) is 0 Å². The quantitative estimate of drug-likeness (QED) is 0.422. The molecule has 1 aromatic rings. The smallest absolute Gasteiger partial charge is 0.305 e. The Morgan fingerprint density at radius 1 is 1.33 bits per heavy atom. The number of carbonyl (C=O) groups is 2. The first-order valence-electron chi connectivity index (χ1n) is 6.01. The maximum atomic E-state index is 10.9. The molecule has 0 unspecified atom stereocenters. The Bertz CT molecular complexity index is 404. The average molecular weight is 249 g/mol. The lowest BCUT2D eigenvalue weighted by atomic mass is 10.1. The largest absolute Gasteiger partial charge is 0.469 e. The molecule has 0 fully saturated rings. The van der Waals surface area contributed by atoms with Gasteiger partial charge in [-0.2, -0.15) is 0 Å². The van der Waals surface area contributed by atoms with Crippen LogP contribution >= 0.6 is 0 Å².